The highest BCUT2D eigenvalue weighted by Crippen LogP contribution is 2.38. The van der Waals surface area contributed by atoms with Crippen LogP contribution in [0.1, 0.15) is 54.9 Å². The van der Waals surface area contributed by atoms with Gasteiger partial charge in [-0.2, -0.15) is 0 Å². The minimum Gasteiger partial charge on any atom is -0.538 e. The molecule has 1 aromatic carbocycles. The number of amides is 2. The van der Waals surface area contributed by atoms with Gasteiger partial charge in [-0.05, 0) is 56.5 Å². The van der Waals surface area contributed by atoms with Gasteiger partial charge in [0.25, 0.3) is 5.03 Å². The van der Waals surface area contributed by atoms with Crippen LogP contribution < -0.4 is 19.8 Å². The third-order valence-electron chi connectivity index (χ3n) is 5.90. The van der Waals surface area contributed by atoms with Gasteiger partial charge in [-0.15, -0.1) is 11.3 Å². The number of aromatic nitrogens is 2. The SMILES string of the molecule is CCOC(=O)c1c(NC(=O)CCSc2c([O-])on[n+]2-c2ccc(OC)cc2)sc2c1CCN(C(=O)OC(C)(C)C)C2. The highest BCUT2D eigenvalue weighted by Gasteiger charge is 2.33. The van der Waals surface area contributed by atoms with Crippen molar-refractivity contribution in [2.45, 2.75) is 57.7 Å². The first-order valence-electron chi connectivity index (χ1n) is 13.0. The molecule has 1 aliphatic rings. The summed E-state index contributed by atoms with van der Waals surface area (Å²) >= 11 is 2.38. The number of carbonyl (C=O) groups excluding carboxylic acids is 3. The number of nitrogens with one attached hydrogen (secondary N) is 1. The lowest BCUT2D eigenvalue weighted by Gasteiger charge is -2.30. The zero-order chi connectivity index (χ0) is 29.7. The van der Waals surface area contributed by atoms with Gasteiger partial charge in [0.05, 0.1) is 31.1 Å². The van der Waals surface area contributed by atoms with Crippen LogP contribution in [0.4, 0.5) is 9.80 Å². The maximum atomic E-state index is 12.9. The molecule has 0 unspecified atom stereocenters. The Morgan fingerprint density at radius 3 is 2.63 bits per heavy atom. The molecule has 0 fully saturated rings. The molecule has 3 heterocycles. The van der Waals surface area contributed by atoms with Gasteiger partial charge in [-0.25, -0.2) is 9.59 Å². The number of anilines is 1. The molecule has 41 heavy (non-hydrogen) atoms. The molecule has 2 aromatic heterocycles. The Balaban J connectivity index is 1.44. The normalized spacial score (nSPS) is 13.0. The molecular formula is C27H32N4O8S2. The highest BCUT2D eigenvalue weighted by molar-refractivity contribution is 7.99. The van der Waals surface area contributed by atoms with E-state index in [0.717, 1.165) is 22.2 Å². The Hall–Kier alpha value is -3.78. The van der Waals surface area contributed by atoms with Gasteiger partial charge in [0.2, 0.25) is 11.6 Å². The van der Waals surface area contributed by atoms with E-state index < -0.39 is 23.6 Å². The molecule has 0 radical (unpaired) electrons. The number of rotatable bonds is 9. The largest absolute Gasteiger partial charge is 0.538 e. The summed E-state index contributed by atoms with van der Waals surface area (Å²) in [5.41, 5.74) is 1.05. The number of esters is 1. The summed E-state index contributed by atoms with van der Waals surface area (Å²) in [6, 6.07) is 6.93. The maximum absolute atomic E-state index is 12.9. The van der Waals surface area contributed by atoms with Crippen LogP contribution in [0.25, 0.3) is 5.69 Å². The number of nitrogens with zero attached hydrogens (tertiary/aromatic N) is 3. The van der Waals surface area contributed by atoms with Crippen LogP contribution in [0.2, 0.25) is 0 Å². The fourth-order valence-electron chi connectivity index (χ4n) is 4.07. The van der Waals surface area contributed by atoms with E-state index in [1.54, 1.807) is 64.0 Å². The van der Waals surface area contributed by atoms with Crippen LogP contribution in [0, 0.1) is 0 Å². The lowest BCUT2D eigenvalue weighted by atomic mass is 10.0. The summed E-state index contributed by atoms with van der Waals surface area (Å²) in [5.74, 6) is -0.575. The summed E-state index contributed by atoms with van der Waals surface area (Å²) in [4.78, 5) is 40.8. The average molecular weight is 605 g/mol. The van der Waals surface area contributed by atoms with E-state index in [1.165, 1.54) is 16.0 Å². The van der Waals surface area contributed by atoms with E-state index in [1.807, 2.05) is 0 Å². The van der Waals surface area contributed by atoms with Gasteiger partial charge >= 0.3 is 12.1 Å². The first-order chi connectivity index (χ1) is 19.5. The van der Waals surface area contributed by atoms with Crippen LogP contribution >= 0.6 is 23.1 Å². The predicted molar refractivity (Wildman–Crippen MR) is 149 cm³/mol. The predicted octanol–water partition coefficient (Wildman–Crippen LogP) is 3.69. The quantitative estimate of drug-likeness (QED) is 0.218. The Kier molecular flexibility index (Phi) is 9.43. The topological polar surface area (TPSA) is 147 Å². The van der Waals surface area contributed by atoms with Gasteiger partial charge in [0.1, 0.15) is 16.4 Å². The lowest BCUT2D eigenvalue weighted by Crippen LogP contribution is -2.39. The fourth-order valence-corrected chi connectivity index (χ4v) is 6.24. The van der Waals surface area contributed by atoms with E-state index in [2.05, 4.69) is 10.6 Å². The van der Waals surface area contributed by atoms with Crippen LogP contribution in [-0.2, 0) is 27.2 Å². The molecule has 0 bridgehead atoms. The van der Waals surface area contributed by atoms with Crippen molar-refractivity contribution in [1.82, 2.24) is 10.2 Å². The summed E-state index contributed by atoms with van der Waals surface area (Å²) in [7, 11) is 1.56. The van der Waals surface area contributed by atoms with Gasteiger partial charge in [0.15, 0.2) is 5.95 Å². The molecule has 2 amide bonds. The maximum Gasteiger partial charge on any atom is 0.410 e. The van der Waals surface area contributed by atoms with Crippen molar-refractivity contribution in [3.63, 3.8) is 0 Å². The molecule has 220 valence electrons. The number of hydrogen-bond donors (Lipinski definition) is 1. The standard InChI is InChI=1S/C27H32N4O8S2/c1-6-37-24(33)21-18-11-13-30(26(35)38-27(2,3)4)15-19(18)41-22(21)28-20(32)12-14-40-23-25(34)39-29-31(23)16-7-9-17(36-5)10-8-16/h7-10H,6,11-15H2,1-5H3,(H-,28,29,32,33,34). The summed E-state index contributed by atoms with van der Waals surface area (Å²) < 4.78 is 22.1. The lowest BCUT2D eigenvalue weighted by molar-refractivity contribution is -0.705. The highest BCUT2D eigenvalue weighted by atomic mass is 32.2. The van der Waals surface area contributed by atoms with Gasteiger partial charge < -0.3 is 34.1 Å². The number of fused-ring (bicyclic) bond motifs is 1. The van der Waals surface area contributed by atoms with Crippen LogP contribution in [0.15, 0.2) is 33.8 Å². The van der Waals surface area contributed by atoms with Crippen molar-refractivity contribution in [3.8, 4) is 17.4 Å². The number of thiophene rings is 1. The van der Waals surface area contributed by atoms with Crippen molar-refractivity contribution in [3.05, 3.63) is 40.3 Å². The molecule has 3 aromatic rings. The number of ether oxygens (including phenoxy) is 3. The first-order valence-corrected chi connectivity index (χ1v) is 14.8. The summed E-state index contributed by atoms with van der Waals surface area (Å²) in [5, 5.41) is 19.5. The number of hydrogen-bond acceptors (Lipinski definition) is 11. The van der Waals surface area contributed by atoms with Crippen molar-refractivity contribution in [1.29, 1.82) is 0 Å². The average Bonchev–Trinajstić information content (AvgIpc) is 3.47. The van der Waals surface area contributed by atoms with Gasteiger partial charge in [-0.3, -0.25) is 4.79 Å². The van der Waals surface area contributed by atoms with Crippen LogP contribution in [-0.4, -0.2) is 59.8 Å². The third-order valence-corrected chi connectivity index (χ3v) is 8.05. The van der Waals surface area contributed by atoms with E-state index >= 15 is 0 Å². The Labute approximate surface area is 245 Å². The molecule has 1 N–H and O–H groups in total. The second-order valence-electron chi connectivity index (χ2n) is 10.0. The number of thioether (sulfide) groups is 1. The molecule has 0 atom stereocenters. The van der Waals surface area contributed by atoms with Gasteiger partial charge in [0, 0.05) is 35.7 Å². The Morgan fingerprint density at radius 2 is 1.98 bits per heavy atom. The van der Waals surface area contributed by atoms with Crippen LogP contribution in [0.3, 0.4) is 0 Å². The molecule has 0 saturated carbocycles. The number of carbonyl (C=O) groups is 3. The van der Waals surface area contributed by atoms with E-state index in [4.69, 9.17) is 18.7 Å². The summed E-state index contributed by atoms with van der Waals surface area (Å²) in [6.07, 6.45) is 0.0400. The van der Waals surface area contributed by atoms with Crippen LogP contribution in [0.5, 0.6) is 11.7 Å². The second-order valence-corrected chi connectivity index (χ2v) is 12.2. The molecule has 1 aliphatic heterocycles. The second kappa shape index (κ2) is 12.8. The van der Waals surface area contributed by atoms with Crippen molar-refractivity contribution < 1.29 is 42.9 Å². The number of benzene rings is 1. The molecular weight excluding hydrogens is 572 g/mol. The Bertz CT molecular complexity index is 1410. The van der Waals surface area contributed by atoms with Crippen molar-refractivity contribution >= 4 is 46.1 Å². The van der Waals surface area contributed by atoms with Crippen molar-refractivity contribution in [2.75, 3.05) is 31.3 Å². The Morgan fingerprint density at radius 1 is 1.24 bits per heavy atom. The smallest absolute Gasteiger partial charge is 0.410 e. The monoisotopic (exact) mass is 604 g/mol. The van der Waals surface area contributed by atoms with Crippen molar-refractivity contribution in [2.24, 2.45) is 0 Å². The molecule has 4 rings (SSSR count). The minimum absolute atomic E-state index is 0.0484. The summed E-state index contributed by atoms with van der Waals surface area (Å²) in [6.45, 7) is 7.94. The molecule has 12 nitrogen and oxygen atoms in total. The zero-order valence-electron chi connectivity index (χ0n) is 23.5. The third kappa shape index (κ3) is 7.30. The van der Waals surface area contributed by atoms with E-state index in [9.17, 15) is 19.5 Å². The molecule has 0 saturated heterocycles. The fraction of sp³-hybridized carbons (Fsp3) is 0.444. The molecule has 0 aliphatic carbocycles. The zero-order valence-corrected chi connectivity index (χ0v) is 25.1. The first kappa shape index (κ1) is 30.2. The minimum atomic E-state index is -0.632. The molecule has 14 heteroatoms. The number of methoxy groups -OCH3 is 1. The molecule has 0 spiro atoms. The van der Waals surface area contributed by atoms with E-state index in [-0.39, 0.29) is 36.3 Å². The van der Waals surface area contributed by atoms with Gasteiger partial charge in [-0.1, -0.05) is 11.8 Å². The van der Waals surface area contributed by atoms with E-state index in [0.29, 0.717) is 35.0 Å².